The number of hydrogen-bond donors (Lipinski definition) is 0. The predicted molar refractivity (Wildman–Crippen MR) is 322 cm³/mol. The normalized spacial score (nSPS) is 15.0. The molecule has 2 unspecified atom stereocenters. The van der Waals surface area contributed by atoms with Crippen LogP contribution in [0, 0.1) is 0 Å². The maximum absolute atomic E-state index is 5.37. The Morgan fingerprint density at radius 2 is 0.506 bits per heavy atom. The maximum atomic E-state index is 5.37. The summed E-state index contributed by atoms with van der Waals surface area (Å²) in [5.41, 5.74) is 25.7. The largest absolute Gasteiger partial charge is 0.208 e. The van der Waals surface area contributed by atoms with Crippen LogP contribution in [0.25, 0.3) is 102 Å². The minimum Gasteiger partial charge on any atom is -0.208 e. The topological polar surface area (TPSA) is 77.3 Å². The molecule has 0 saturated carbocycles. The fourth-order valence-corrected chi connectivity index (χ4v) is 13.9. The van der Waals surface area contributed by atoms with Crippen LogP contribution in [0.15, 0.2) is 267 Å². The molecule has 5 aliphatic carbocycles. The van der Waals surface area contributed by atoms with Gasteiger partial charge in [0.15, 0.2) is 34.9 Å². The fraction of sp³-hybridized carbons (Fsp3) is 0.0400. The summed E-state index contributed by atoms with van der Waals surface area (Å²) in [7, 11) is 0. The van der Waals surface area contributed by atoms with E-state index in [2.05, 4.69) is 212 Å². The second-order valence-electron chi connectivity index (χ2n) is 21.6. The zero-order valence-corrected chi connectivity index (χ0v) is 43.7. The molecule has 0 amide bonds. The van der Waals surface area contributed by atoms with Crippen molar-refractivity contribution >= 4 is 0 Å². The van der Waals surface area contributed by atoms with E-state index in [1.54, 1.807) is 0 Å². The van der Waals surface area contributed by atoms with Crippen LogP contribution in [0.1, 0.15) is 67.5 Å². The molecule has 18 rings (SSSR count). The van der Waals surface area contributed by atoms with Gasteiger partial charge in [-0.15, -0.1) is 0 Å². The van der Waals surface area contributed by atoms with Gasteiger partial charge in [0.1, 0.15) is 0 Å². The Balaban J connectivity index is 0.763. The van der Waals surface area contributed by atoms with Crippen molar-refractivity contribution in [3.63, 3.8) is 0 Å². The minimum atomic E-state index is -0.390. The number of fused-ring (bicyclic) bond motifs is 10. The smallest absolute Gasteiger partial charge is 0.164 e. The molecule has 6 nitrogen and oxygen atoms in total. The molecule has 2 heterocycles. The summed E-state index contributed by atoms with van der Waals surface area (Å²) in [6, 6.07) is 95.9. The van der Waals surface area contributed by atoms with E-state index in [1.165, 1.54) is 77.9 Å². The number of rotatable bonds is 7. The number of hydrogen-bond acceptors (Lipinski definition) is 6. The van der Waals surface area contributed by atoms with Crippen molar-refractivity contribution in [3.8, 4) is 102 Å². The van der Waals surface area contributed by atoms with Gasteiger partial charge in [0, 0.05) is 45.2 Å². The molecule has 13 aromatic rings. The summed E-state index contributed by atoms with van der Waals surface area (Å²) >= 11 is 0. The Labute approximate surface area is 469 Å². The summed E-state index contributed by atoms with van der Waals surface area (Å²) in [6.07, 6.45) is 0. The Morgan fingerprint density at radius 1 is 0.198 bits per heavy atom. The van der Waals surface area contributed by atoms with Crippen LogP contribution in [0.3, 0.4) is 0 Å². The van der Waals surface area contributed by atoms with Crippen LogP contribution in [0.4, 0.5) is 0 Å². The van der Waals surface area contributed by atoms with E-state index in [0.29, 0.717) is 34.9 Å². The monoisotopic (exact) mass is 1030 g/mol. The molecule has 81 heavy (non-hydrogen) atoms. The lowest BCUT2D eigenvalue weighted by Gasteiger charge is -2.42. The van der Waals surface area contributed by atoms with Crippen LogP contribution in [0.2, 0.25) is 0 Å². The van der Waals surface area contributed by atoms with Crippen molar-refractivity contribution in [1.29, 1.82) is 0 Å². The molecule has 0 fully saturated rings. The molecule has 0 saturated heterocycles. The van der Waals surface area contributed by atoms with Gasteiger partial charge in [-0.2, -0.15) is 0 Å². The highest BCUT2D eigenvalue weighted by Gasteiger charge is 2.51. The van der Waals surface area contributed by atoms with Gasteiger partial charge in [0.25, 0.3) is 0 Å². The third-order valence-electron chi connectivity index (χ3n) is 17.4. The average Bonchev–Trinajstić information content (AvgIpc) is 3.56. The quantitative estimate of drug-likeness (QED) is 0.158. The van der Waals surface area contributed by atoms with Gasteiger partial charge < -0.3 is 0 Å². The summed E-state index contributed by atoms with van der Waals surface area (Å²) in [6.45, 7) is 0. The molecule has 2 atom stereocenters. The van der Waals surface area contributed by atoms with Crippen molar-refractivity contribution in [2.24, 2.45) is 0 Å². The number of nitrogens with zero attached hydrogens (tertiary/aromatic N) is 6. The van der Waals surface area contributed by atoms with Gasteiger partial charge in [-0.3, -0.25) is 0 Å². The molecule has 2 bridgehead atoms. The molecule has 0 aliphatic heterocycles. The first-order chi connectivity index (χ1) is 40.1. The summed E-state index contributed by atoms with van der Waals surface area (Å²) in [5, 5.41) is 0. The van der Waals surface area contributed by atoms with Crippen molar-refractivity contribution in [2.45, 2.75) is 17.3 Å². The summed E-state index contributed by atoms with van der Waals surface area (Å²) in [4.78, 5) is 31.1. The second-order valence-corrected chi connectivity index (χ2v) is 21.6. The van der Waals surface area contributed by atoms with Crippen LogP contribution in [-0.4, -0.2) is 29.9 Å². The van der Waals surface area contributed by atoms with E-state index < -0.39 is 5.41 Å². The maximum Gasteiger partial charge on any atom is 0.164 e. The fourth-order valence-electron chi connectivity index (χ4n) is 13.9. The van der Waals surface area contributed by atoms with E-state index in [4.69, 9.17) is 29.9 Å². The highest BCUT2D eigenvalue weighted by Crippen LogP contribution is 2.63. The molecule has 376 valence electrons. The van der Waals surface area contributed by atoms with Gasteiger partial charge in [0.05, 0.1) is 5.41 Å². The lowest BCUT2D eigenvalue weighted by Crippen LogP contribution is -2.27. The molecule has 6 heteroatoms. The van der Waals surface area contributed by atoms with Crippen LogP contribution in [0.5, 0.6) is 0 Å². The standard InChI is InChI=1S/C75H46N6/c1-4-19-45(20-5-1)69-76-70(46-21-6-2-7-22-46)79-73(78-69)51-35-38-58-61(43-51)67-56-30-10-11-31-57(56)68(58)62-44-52(36-39-59(62)67)74-80-71(47-23-8-3-9-24-47)77-72(81-74)50-26-18-25-48(41-50)49-37-40-66-60(42-49)55-29-14-17-34-65(55)75(66)63-32-15-12-27-53(63)54-28-13-16-33-64(54)75/h1-44,67-68H. The highest BCUT2D eigenvalue weighted by molar-refractivity contribution is 5.96. The molecule has 0 radical (unpaired) electrons. The van der Waals surface area contributed by atoms with Crippen LogP contribution < -0.4 is 0 Å². The summed E-state index contributed by atoms with van der Waals surface area (Å²) < 4.78 is 0. The van der Waals surface area contributed by atoms with Gasteiger partial charge in [-0.1, -0.05) is 243 Å². The molecular weight excluding hydrogens is 985 g/mol. The van der Waals surface area contributed by atoms with Crippen LogP contribution in [-0.2, 0) is 5.41 Å². The Morgan fingerprint density at radius 3 is 0.963 bits per heavy atom. The first-order valence-corrected chi connectivity index (χ1v) is 27.7. The molecule has 5 aliphatic rings. The van der Waals surface area contributed by atoms with E-state index in [-0.39, 0.29) is 11.8 Å². The molecule has 2 aromatic heterocycles. The van der Waals surface area contributed by atoms with E-state index in [0.717, 1.165) is 44.5 Å². The van der Waals surface area contributed by atoms with E-state index in [1.807, 2.05) is 54.6 Å². The predicted octanol–water partition coefficient (Wildman–Crippen LogP) is 17.1. The second kappa shape index (κ2) is 17.7. The summed E-state index contributed by atoms with van der Waals surface area (Å²) in [5.74, 6) is 3.83. The highest BCUT2D eigenvalue weighted by atomic mass is 15.0. The average molecular weight is 1030 g/mol. The van der Waals surface area contributed by atoms with Crippen molar-refractivity contribution in [3.05, 3.63) is 323 Å². The van der Waals surface area contributed by atoms with Gasteiger partial charge in [0.2, 0.25) is 0 Å². The lowest BCUT2D eigenvalue weighted by molar-refractivity contribution is 0.754. The first-order valence-electron chi connectivity index (χ1n) is 27.7. The molecule has 1 spiro atoms. The van der Waals surface area contributed by atoms with Gasteiger partial charge in [-0.25, -0.2) is 29.9 Å². The van der Waals surface area contributed by atoms with Gasteiger partial charge >= 0.3 is 0 Å². The minimum absolute atomic E-state index is 0.00206. The SMILES string of the molecule is c1ccc(-c2nc(-c3ccccc3)nc(-c3ccc4c(c3)C3c5ccccc5C4c4cc(-c5nc(-c6ccccc6)nc(-c6cccc(-c7ccc8c(c7)-c7ccccc7C87c8ccccc8-c8ccccc87)c6)n5)ccc43)n2)cc1. The molecule has 11 aromatic carbocycles. The zero-order valence-electron chi connectivity index (χ0n) is 43.7. The number of benzene rings is 11. The molecule has 0 N–H and O–H groups in total. The van der Waals surface area contributed by atoms with Crippen molar-refractivity contribution in [2.75, 3.05) is 0 Å². The molecular formula is C75H46N6. The van der Waals surface area contributed by atoms with Crippen molar-refractivity contribution in [1.82, 2.24) is 29.9 Å². The lowest BCUT2D eigenvalue weighted by atomic mass is 9.61. The zero-order chi connectivity index (χ0) is 53.2. The third kappa shape index (κ3) is 6.87. The van der Waals surface area contributed by atoms with E-state index in [9.17, 15) is 0 Å². The van der Waals surface area contributed by atoms with Crippen LogP contribution >= 0.6 is 0 Å². The van der Waals surface area contributed by atoms with Crippen molar-refractivity contribution < 1.29 is 0 Å². The Bertz CT molecular complexity index is 4620. The van der Waals surface area contributed by atoms with E-state index >= 15 is 0 Å². The third-order valence-corrected chi connectivity index (χ3v) is 17.4. The first kappa shape index (κ1) is 45.5. The Hall–Kier alpha value is -10.6. The Kier molecular flexibility index (Phi) is 9.95. The number of aromatic nitrogens is 6. The van der Waals surface area contributed by atoms with Gasteiger partial charge in [-0.05, 0) is 113 Å².